The van der Waals surface area contributed by atoms with Gasteiger partial charge in [-0.3, -0.25) is 14.5 Å². The summed E-state index contributed by atoms with van der Waals surface area (Å²) >= 11 is 6.09. The Kier molecular flexibility index (Phi) is 6.12. The van der Waals surface area contributed by atoms with Crippen LogP contribution >= 0.6 is 11.6 Å². The molecule has 2 aromatic carbocycles. The van der Waals surface area contributed by atoms with Crippen molar-refractivity contribution in [2.45, 2.75) is 12.5 Å². The molecular weight excluding hydrogens is 500 g/mol. The third-order valence-electron chi connectivity index (χ3n) is 6.17. The zero-order valence-corrected chi connectivity index (χ0v) is 20.4. The van der Waals surface area contributed by atoms with Crippen LogP contribution in [-0.2, 0) is 19.4 Å². The number of nitrogens with zero attached hydrogens (tertiary/aromatic N) is 2. The number of furan rings is 1. The molecule has 9 heteroatoms. The summed E-state index contributed by atoms with van der Waals surface area (Å²) in [6.45, 7) is 0. The summed E-state index contributed by atoms with van der Waals surface area (Å²) in [5, 5.41) is 10.5. The molecule has 3 heterocycles. The standard InChI is InChI=1S/C27H19ClN2O5S/c28-19-8-4-7-18(13-19)24-10-9-21(35-24)14-22-25(17-5-2-1-3-6-17)23(15-29)27(32)30(26(22)31)20-11-12-36(33,34)16-20/h1-10,13-14,20H,11-12,16H2/b22-14-. The minimum absolute atomic E-state index is 0.0774. The van der Waals surface area contributed by atoms with E-state index in [-0.39, 0.29) is 34.6 Å². The number of sulfone groups is 1. The number of hydrogen-bond donors (Lipinski definition) is 0. The lowest BCUT2D eigenvalue weighted by Gasteiger charge is -2.32. The second-order valence-electron chi connectivity index (χ2n) is 8.54. The first-order valence-corrected chi connectivity index (χ1v) is 13.3. The predicted molar refractivity (Wildman–Crippen MR) is 135 cm³/mol. The number of amides is 2. The molecule has 0 aliphatic carbocycles. The van der Waals surface area contributed by atoms with Crippen molar-refractivity contribution in [1.29, 1.82) is 5.26 Å². The van der Waals surface area contributed by atoms with E-state index < -0.39 is 27.7 Å². The molecule has 2 amide bonds. The van der Waals surface area contributed by atoms with Crippen molar-refractivity contribution < 1.29 is 22.4 Å². The van der Waals surface area contributed by atoms with Gasteiger partial charge in [-0.05, 0) is 42.3 Å². The van der Waals surface area contributed by atoms with Crippen molar-refractivity contribution in [2.24, 2.45) is 0 Å². The van der Waals surface area contributed by atoms with E-state index in [0.717, 1.165) is 10.5 Å². The highest BCUT2D eigenvalue weighted by Gasteiger charge is 2.45. The lowest BCUT2D eigenvalue weighted by molar-refractivity contribution is -0.142. The number of rotatable bonds is 4. The molecule has 7 nitrogen and oxygen atoms in total. The molecular formula is C27H19ClN2O5S. The quantitative estimate of drug-likeness (QED) is 0.371. The molecule has 0 N–H and O–H groups in total. The minimum atomic E-state index is -3.38. The number of benzene rings is 2. The monoisotopic (exact) mass is 518 g/mol. The number of carbonyl (C=O) groups excluding carboxylic acids is 2. The molecule has 2 aliphatic rings. The first kappa shape index (κ1) is 23.8. The molecule has 1 unspecified atom stereocenters. The Balaban J connectivity index is 1.65. The fourth-order valence-corrected chi connectivity index (χ4v) is 6.40. The Morgan fingerprint density at radius 2 is 1.75 bits per heavy atom. The highest BCUT2D eigenvalue weighted by molar-refractivity contribution is 7.91. The molecule has 36 heavy (non-hydrogen) atoms. The number of nitriles is 1. The summed E-state index contributed by atoms with van der Waals surface area (Å²) in [6.07, 6.45) is 1.62. The zero-order chi connectivity index (χ0) is 25.4. The average molecular weight is 519 g/mol. The van der Waals surface area contributed by atoms with Gasteiger partial charge in [0.25, 0.3) is 11.8 Å². The highest BCUT2D eigenvalue weighted by Crippen LogP contribution is 2.37. The van der Waals surface area contributed by atoms with Gasteiger partial charge in [-0.15, -0.1) is 0 Å². The third kappa shape index (κ3) is 4.39. The molecule has 2 aliphatic heterocycles. The van der Waals surface area contributed by atoms with Gasteiger partial charge in [0.05, 0.1) is 23.1 Å². The molecule has 1 saturated heterocycles. The maximum absolute atomic E-state index is 13.7. The number of carbonyl (C=O) groups is 2. The van der Waals surface area contributed by atoms with E-state index in [9.17, 15) is 23.3 Å². The van der Waals surface area contributed by atoms with Crippen LogP contribution in [0.15, 0.2) is 82.3 Å². The van der Waals surface area contributed by atoms with Gasteiger partial charge in [0.15, 0.2) is 9.84 Å². The fourth-order valence-electron chi connectivity index (χ4n) is 4.51. The first-order valence-electron chi connectivity index (χ1n) is 11.1. The van der Waals surface area contributed by atoms with Crippen LogP contribution in [0.1, 0.15) is 17.7 Å². The summed E-state index contributed by atoms with van der Waals surface area (Å²) < 4.78 is 30.2. The van der Waals surface area contributed by atoms with Gasteiger partial charge in [0, 0.05) is 16.2 Å². The lowest BCUT2D eigenvalue weighted by atomic mass is 9.87. The molecule has 0 bridgehead atoms. The van der Waals surface area contributed by atoms with Gasteiger partial charge in [0.1, 0.15) is 23.2 Å². The van der Waals surface area contributed by atoms with E-state index in [2.05, 4.69) is 0 Å². The Morgan fingerprint density at radius 1 is 1.00 bits per heavy atom. The Bertz CT molecular complexity index is 1600. The van der Waals surface area contributed by atoms with Crippen molar-refractivity contribution in [3.05, 3.63) is 94.2 Å². The van der Waals surface area contributed by atoms with Crippen molar-refractivity contribution in [1.82, 2.24) is 4.90 Å². The highest BCUT2D eigenvalue weighted by atomic mass is 35.5. The van der Waals surface area contributed by atoms with E-state index in [1.54, 1.807) is 60.7 Å². The van der Waals surface area contributed by atoms with Crippen LogP contribution in [0.4, 0.5) is 0 Å². The zero-order valence-electron chi connectivity index (χ0n) is 18.8. The molecule has 0 spiro atoms. The van der Waals surface area contributed by atoms with Gasteiger partial charge < -0.3 is 4.42 Å². The topological polar surface area (TPSA) is 108 Å². The van der Waals surface area contributed by atoms with Gasteiger partial charge in [0.2, 0.25) is 0 Å². The van der Waals surface area contributed by atoms with Crippen molar-refractivity contribution >= 4 is 44.9 Å². The van der Waals surface area contributed by atoms with E-state index in [1.807, 2.05) is 12.1 Å². The maximum Gasteiger partial charge on any atom is 0.272 e. The second-order valence-corrected chi connectivity index (χ2v) is 11.2. The molecule has 1 atom stereocenters. The average Bonchev–Trinajstić information content (AvgIpc) is 3.47. The first-order chi connectivity index (χ1) is 17.3. The Morgan fingerprint density at radius 3 is 2.42 bits per heavy atom. The third-order valence-corrected chi connectivity index (χ3v) is 8.16. The molecule has 1 fully saturated rings. The molecule has 0 radical (unpaired) electrons. The SMILES string of the molecule is N#CC1=C(c2ccccc2)/C(=C/c2ccc(-c3cccc(Cl)c3)o2)C(=O)N(C2CCS(=O)(=O)C2)C1=O. The van der Waals surface area contributed by atoms with Crippen molar-refractivity contribution in [2.75, 3.05) is 11.5 Å². The molecule has 180 valence electrons. The maximum atomic E-state index is 13.7. The van der Waals surface area contributed by atoms with Crippen LogP contribution in [0.2, 0.25) is 5.02 Å². The Hall–Kier alpha value is -3.93. The fraction of sp³-hybridized carbons (Fsp3) is 0.148. The van der Waals surface area contributed by atoms with Crippen LogP contribution in [0.5, 0.6) is 0 Å². The molecule has 5 rings (SSSR count). The van der Waals surface area contributed by atoms with Crippen LogP contribution in [0.3, 0.4) is 0 Å². The van der Waals surface area contributed by atoms with Gasteiger partial charge >= 0.3 is 0 Å². The van der Waals surface area contributed by atoms with Crippen LogP contribution < -0.4 is 0 Å². The summed E-state index contributed by atoms with van der Waals surface area (Å²) in [7, 11) is -3.38. The van der Waals surface area contributed by atoms with E-state index in [1.165, 1.54) is 6.08 Å². The van der Waals surface area contributed by atoms with Crippen LogP contribution in [0, 0.1) is 11.3 Å². The lowest BCUT2D eigenvalue weighted by Crippen LogP contribution is -2.49. The van der Waals surface area contributed by atoms with Crippen LogP contribution in [-0.4, -0.2) is 42.7 Å². The summed E-state index contributed by atoms with van der Waals surface area (Å²) in [4.78, 5) is 28.0. The van der Waals surface area contributed by atoms with Crippen LogP contribution in [0.25, 0.3) is 23.0 Å². The van der Waals surface area contributed by atoms with Gasteiger partial charge in [-0.2, -0.15) is 5.26 Å². The van der Waals surface area contributed by atoms with E-state index >= 15 is 0 Å². The summed E-state index contributed by atoms with van der Waals surface area (Å²) in [6, 6.07) is 20.3. The normalized spacial score (nSPS) is 20.7. The number of halogens is 1. The number of hydrogen-bond acceptors (Lipinski definition) is 6. The predicted octanol–water partition coefficient (Wildman–Crippen LogP) is 4.52. The van der Waals surface area contributed by atoms with E-state index in [4.69, 9.17) is 16.0 Å². The van der Waals surface area contributed by atoms with Crippen molar-refractivity contribution in [3.63, 3.8) is 0 Å². The molecule has 1 aromatic heterocycles. The Labute approximate surface area is 212 Å². The largest absolute Gasteiger partial charge is 0.457 e. The summed E-state index contributed by atoms with van der Waals surface area (Å²) in [5.74, 6) is -1.05. The van der Waals surface area contributed by atoms with Crippen molar-refractivity contribution in [3.8, 4) is 17.4 Å². The molecule has 3 aromatic rings. The number of imide groups is 1. The van der Waals surface area contributed by atoms with E-state index in [0.29, 0.717) is 22.1 Å². The second kappa shape index (κ2) is 9.26. The minimum Gasteiger partial charge on any atom is -0.457 e. The molecule has 0 saturated carbocycles. The summed E-state index contributed by atoms with van der Waals surface area (Å²) in [5.41, 5.74) is 1.30. The van der Waals surface area contributed by atoms with Gasteiger partial charge in [-0.1, -0.05) is 54.1 Å². The smallest absolute Gasteiger partial charge is 0.272 e. The van der Waals surface area contributed by atoms with Gasteiger partial charge in [-0.25, -0.2) is 8.42 Å².